The molecule has 0 aliphatic carbocycles. The van der Waals surface area contributed by atoms with Crippen LogP contribution in [0.25, 0.3) is 0 Å². The van der Waals surface area contributed by atoms with Gasteiger partial charge in [-0.25, -0.2) is 0 Å². The molecule has 0 bridgehead atoms. The summed E-state index contributed by atoms with van der Waals surface area (Å²) in [6, 6.07) is 2.56. The zero-order valence-electron chi connectivity index (χ0n) is 13.0. The van der Waals surface area contributed by atoms with Gasteiger partial charge in [0.2, 0.25) is 0 Å². The highest BCUT2D eigenvalue weighted by Crippen LogP contribution is 2.29. The molecular formula is C16H28N2OS. The van der Waals surface area contributed by atoms with Crippen LogP contribution >= 0.6 is 11.3 Å². The first kappa shape index (κ1) is 16.0. The molecule has 0 aromatic carbocycles. The van der Waals surface area contributed by atoms with Crippen molar-refractivity contribution in [1.29, 1.82) is 0 Å². The van der Waals surface area contributed by atoms with E-state index in [9.17, 15) is 0 Å². The minimum atomic E-state index is 0.277. The molecule has 0 amide bonds. The van der Waals surface area contributed by atoms with Crippen molar-refractivity contribution in [2.45, 2.75) is 45.8 Å². The number of morpholine rings is 1. The molecule has 0 spiro atoms. The summed E-state index contributed by atoms with van der Waals surface area (Å²) in [5.41, 5.74) is 1.39. The van der Waals surface area contributed by atoms with E-state index in [-0.39, 0.29) is 6.10 Å². The van der Waals surface area contributed by atoms with Crippen molar-refractivity contribution in [2.24, 2.45) is 0 Å². The summed E-state index contributed by atoms with van der Waals surface area (Å²) in [4.78, 5) is 3.99. The maximum absolute atomic E-state index is 6.10. The number of hydrogen-bond donors (Lipinski definition) is 1. The summed E-state index contributed by atoms with van der Waals surface area (Å²) in [7, 11) is 0. The smallest absolute Gasteiger partial charge is 0.0905 e. The Morgan fingerprint density at radius 3 is 2.95 bits per heavy atom. The van der Waals surface area contributed by atoms with E-state index in [0.717, 1.165) is 32.7 Å². The van der Waals surface area contributed by atoms with Crippen LogP contribution in [0.4, 0.5) is 0 Å². The van der Waals surface area contributed by atoms with Gasteiger partial charge in [-0.1, -0.05) is 13.8 Å². The molecule has 2 heterocycles. The fraction of sp³-hybridized carbons (Fsp3) is 0.750. The molecule has 1 N–H and O–H groups in total. The molecular weight excluding hydrogens is 268 g/mol. The minimum absolute atomic E-state index is 0.277. The normalized spacial score (nSPS) is 22.1. The first-order valence-electron chi connectivity index (χ1n) is 7.87. The third kappa shape index (κ3) is 4.04. The molecule has 0 saturated carbocycles. The second kappa shape index (κ2) is 8.13. The summed E-state index contributed by atoms with van der Waals surface area (Å²) in [6.45, 7) is 11.9. The third-order valence-corrected chi connectivity index (χ3v) is 4.99. The number of nitrogens with one attached hydrogen (secondary N) is 1. The summed E-state index contributed by atoms with van der Waals surface area (Å²) < 4.78 is 6.10. The number of thiophene rings is 1. The standard InChI is InChI=1S/C16H28N2OS/c1-4-7-17-15(16-13(3)6-11-20-16)14-12-18(8-5-2)9-10-19-14/h6,11,14-15,17H,4-5,7-10,12H2,1-3H3. The molecule has 4 heteroatoms. The van der Waals surface area contributed by atoms with Crippen molar-refractivity contribution >= 4 is 11.3 Å². The van der Waals surface area contributed by atoms with Gasteiger partial charge in [-0.3, -0.25) is 4.90 Å². The van der Waals surface area contributed by atoms with Gasteiger partial charge in [0.05, 0.1) is 18.8 Å². The lowest BCUT2D eigenvalue weighted by atomic mass is 10.0. The van der Waals surface area contributed by atoms with Crippen LogP contribution in [0.15, 0.2) is 11.4 Å². The molecule has 1 aromatic heterocycles. The molecule has 3 nitrogen and oxygen atoms in total. The largest absolute Gasteiger partial charge is 0.374 e. The predicted molar refractivity (Wildman–Crippen MR) is 86.6 cm³/mol. The van der Waals surface area contributed by atoms with Crippen molar-refractivity contribution in [1.82, 2.24) is 10.2 Å². The van der Waals surface area contributed by atoms with Crippen molar-refractivity contribution in [3.05, 3.63) is 21.9 Å². The maximum Gasteiger partial charge on any atom is 0.0905 e. The molecule has 2 rings (SSSR count). The highest BCUT2D eigenvalue weighted by molar-refractivity contribution is 7.10. The highest BCUT2D eigenvalue weighted by atomic mass is 32.1. The Morgan fingerprint density at radius 1 is 1.45 bits per heavy atom. The van der Waals surface area contributed by atoms with Gasteiger partial charge in [-0.05, 0) is 49.9 Å². The topological polar surface area (TPSA) is 24.5 Å². The third-order valence-electron chi connectivity index (χ3n) is 3.89. The van der Waals surface area contributed by atoms with E-state index in [4.69, 9.17) is 4.74 Å². The number of hydrogen-bond acceptors (Lipinski definition) is 4. The monoisotopic (exact) mass is 296 g/mol. The Labute approximate surface area is 127 Å². The van der Waals surface area contributed by atoms with E-state index in [2.05, 4.69) is 42.4 Å². The molecule has 1 aliphatic rings. The molecule has 1 saturated heterocycles. The van der Waals surface area contributed by atoms with Crippen molar-refractivity contribution < 1.29 is 4.74 Å². The average Bonchev–Trinajstić information content (AvgIpc) is 2.87. The summed E-state index contributed by atoms with van der Waals surface area (Å²) >= 11 is 1.86. The summed E-state index contributed by atoms with van der Waals surface area (Å²) in [6.07, 6.45) is 2.66. The minimum Gasteiger partial charge on any atom is -0.374 e. The fourth-order valence-electron chi connectivity index (χ4n) is 2.85. The molecule has 1 aromatic rings. The van der Waals surface area contributed by atoms with Gasteiger partial charge in [0.15, 0.2) is 0 Å². The van der Waals surface area contributed by atoms with Crippen LogP contribution in [0.1, 0.15) is 43.2 Å². The zero-order valence-corrected chi connectivity index (χ0v) is 13.8. The lowest BCUT2D eigenvalue weighted by Gasteiger charge is -2.37. The van der Waals surface area contributed by atoms with E-state index in [1.165, 1.54) is 23.4 Å². The first-order chi connectivity index (χ1) is 9.76. The van der Waals surface area contributed by atoms with Gasteiger partial charge in [0.25, 0.3) is 0 Å². The average molecular weight is 296 g/mol. The van der Waals surface area contributed by atoms with Gasteiger partial charge in [-0.15, -0.1) is 11.3 Å². The number of ether oxygens (including phenoxy) is 1. The van der Waals surface area contributed by atoms with E-state index in [1.54, 1.807) is 0 Å². The lowest BCUT2D eigenvalue weighted by molar-refractivity contribution is -0.0465. The van der Waals surface area contributed by atoms with Gasteiger partial charge in [0.1, 0.15) is 0 Å². The van der Waals surface area contributed by atoms with E-state index in [0.29, 0.717) is 6.04 Å². The van der Waals surface area contributed by atoms with Gasteiger partial charge in [-0.2, -0.15) is 0 Å². The Hall–Kier alpha value is -0.420. The Bertz CT molecular complexity index is 392. The van der Waals surface area contributed by atoms with Crippen LogP contribution in [0, 0.1) is 6.92 Å². The molecule has 2 unspecified atom stereocenters. The van der Waals surface area contributed by atoms with E-state index >= 15 is 0 Å². The van der Waals surface area contributed by atoms with Crippen LogP contribution in [0.3, 0.4) is 0 Å². The molecule has 114 valence electrons. The SMILES string of the molecule is CCCNC(c1sccc1C)C1CN(CCC)CCO1. The molecule has 2 atom stereocenters. The number of aryl methyl sites for hydroxylation is 1. The van der Waals surface area contributed by atoms with Crippen LogP contribution in [0.5, 0.6) is 0 Å². The van der Waals surface area contributed by atoms with Crippen LogP contribution in [-0.2, 0) is 4.74 Å². The van der Waals surface area contributed by atoms with E-state index < -0.39 is 0 Å². The highest BCUT2D eigenvalue weighted by Gasteiger charge is 2.30. The van der Waals surface area contributed by atoms with Gasteiger partial charge < -0.3 is 10.1 Å². The second-order valence-corrected chi connectivity index (χ2v) is 6.56. The van der Waals surface area contributed by atoms with Crippen LogP contribution in [0.2, 0.25) is 0 Å². The summed E-state index contributed by atoms with van der Waals surface area (Å²) in [5.74, 6) is 0. The second-order valence-electron chi connectivity index (χ2n) is 5.61. The zero-order chi connectivity index (χ0) is 14.4. The fourth-order valence-corrected chi connectivity index (χ4v) is 3.90. The quantitative estimate of drug-likeness (QED) is 0.836. The Balaban J connectivity index is 2.07. The molecule has 0 radical (unpaired) electrons. The number of rotatable bonds is 7. The predicted octanol–water partition coefficient (Wildman–Crippen LogP) is 3.21. The maximum atomic E-state index is 6.10. The van der Waals surface area contributed by atoms with Crippen LogP contribution in [-0.4, -0.2) is 43.8 Å². The Morgan fingerprint density at radius 2 is 2.30 bits per heavy atom. The van der Waals surface area contributed by atoms with Crippen LogP contribution < -0.4 is 5.32 Å². The molecule has 20 heavy (non-hydrogen) atoms. The van der Waals surface area contributed by atoms with Crippen molar-refractivity contribution in [3.63, 3.8) is 0 Å². The Kier molecular flexibility index (Phi) is 6.49. The summed E-state index contributed by atoms with van der Waals surface area (Å²) in [5, 5.41) is 5.90. The van der Waals surface area contributed by atoms with Gasteiger partial charge >= 0.3 is 0 Å². The van der Waals surface area contributed by atoms with Crippen molar-refractivity contribution in [3.8, 4) is 0 Å². The molecule has 1 fully saturated rings. The first-order valence-corrected chi connectivity index (χ1v) is 8.75. The van der Waals surface area contributed by atoms with Gasteiger partial charge in [0, 0.05) is 18.0 Å². The van der Waals surface area contributed by atoms with E-state index in [1.807, 2.05) is 11.3 Å². The number of nitrogens with zero attached hydrogens (tertiary/aromatic N) is 1. The molecule has 1 aliphatic heterocycles. The lowest BCUT2D eigenvalue weighted by Crippen LogP contribution is -2.48. The van der Waals surface area contributed by atoms with Crippen molar-refractivity contribution in [2.75, 3.05) is 32.8 Å².